The third-order valence-corrected chi connectivity index (χ3v) is 4.08. The molecule has 0 bridgehead atoms. The van der Waals surface area contributed by atoms with Crippen molar-refractivity contribution in [3.05, 3.63) is 35.4 Å². The van der Waals surface area contributed by atoms with Gasteiger partial charge in [-0.15, -0.1) is 0 Å². The van der Waals surface area contributed by atoms with Crippen LogP contribution in [0.25, 0.3) is 0 Å². The van der Waals surface area contributed by atoms with Crippen LogP contribution in [0.5, 0.6) is 0 Å². The second kappa shape index (κ2) is 6.85. The molecule has 3 atom stereocenters. The van der Waals surface area contributed by atoms with Gasteiger partial charge in [0.05, 0.1) is 23.8 Å². The maximum absolute atomic E-state index is 10.3. The summed E-state index contributed by atoms with van der Waals surface area (Å²) in [6.45, 7) is 4.22. The smallest absolute Gasteiger partial charge is 0.0991 e. The van der Waals surface area contributed by atoms with E-state index in [0.29, 0.717) is 18.0 Å². The van der Waals surface area contributed by atoms with Crippen molar-refractivity contribution in [3.8, 4) is 6.07 Å². The zero-order chi connectivity index (χ0) is 14.5. The monoisotopic (exact) mass is 274 g/mol. The van der Waals surface area contributed by atoms with E-state index in [9.17, 15) is 10.2 Å². The van der Waals surface area contributed by atoms with Gasteiger partial charge in [0.1, 0.15) is 0 Å². The van der Waals surface area contributed by atoms with Gasteiger partial charge in [-0.3, -0.25) is 0 Å². The highest BCUT2D eigenvalue weighted by atomic mass is 16.3. The molecule has 0 saturated carbocycles. The lowest BCUT2D eigenvalue weighted by Crippen LogP contribution is -2.41. The lowest BCUT2D eigenvalue weighted by Gasteiger charge is -2.35. The van der Waals surface area contributed by atoms with Gasteiger partial charge in [-0.1, -0.05) is 12.1 Å². The first kappa shape index (κ1) is 15.0. The first-order chi connectivity index (χ1) is 9.60. The Balaban J connectivity index is 1.93. The molecule has 1 aliphatic rings. The summed E-state index contributed by atoms with van der Waals surface area (Å²) in [6, 6.07) is 9.14. The van der Waals surface area contributed by atoms with Crippen molar-refractivity contribution in [3.63, 3.8) is 0 Å². The lowest BCUT2D eigenvalue weighted by molar-refractivity contribution is 0.0377. The SMILES string of the molecule is CC(O)C1CCCN(CC(O)c2ccc(C#N)cc2)C1. The number of nitriles is 1. The van der Waals surface area contributed by atoms with Gasteiger partial charge in [0.15, 0.2) is 0 Å². The zero-order valence-corrected chi connectivity index (χ0v) is 11.9. The van der Waals surface area contributed by atoms with Crippen LogP contribution < -0.4 is 0 Å². The molecule has 0 aliphatic carbocycles. The molecular weight excluding hydrogens is 252 g/mol. The summed E-state index contributed by atoms with van der Waals surface area (Å²) >= 11 is 0. The van der Waals surface area contributed by atoms with Gasteiger partial charge in [0.2, 0.25) is 0 Å². The van der Waals surface area contributed by atoms with Crippen molar-refractivity contribution >= 4 is 0 Å². The number of nitrogens with zero attached hydrogens (tertiary/aromatic N) is 2. The number of benzene rings is 1. The predicted octanol–water partition coefficient (Wildman–Crippen LogP) is 1.68. The van der Waals surface area contributed by atoms with E-state index in [-0.39, 0.29) is 6.10 Å². The molecule has 1 aromatic rings. The Morgan fingerprint density at radius 3 is 2.65 bits per heavy atom. The van der Waals surface area contributed by atoms with E-state index in [1.54, 1.807) is 24.3 Å². The summed E-state index contributed by atoms with van der Waals surface area (Å²) in [6.07, 6.45) is 1.29. The Hall–Kier alpha value is -1.41. The molecule has 1 saturated heterocycles. The first-order valence-electron chi connectivity index (χ1n) is 7.18. The van der Waals surface area contributed by atoms with E-state index in [0.717, 1.165) is 31.5 Å². The second-order valence-electron chi connectivity index (χ2n) is 5.65. The molecule has 1 aromatic carbocycles. The molecular formula is C16H22N2O2. The number of likely N-dealkylation sites (tertiary alicyclic amines) is 1. The molecule has 0 amide bonds. The summed E-state index contributed by atoms with van der Waals surface area (Å²) < 4.78 is 0. The number of aliphatic hydroxyl groups excluding tert-OH is 2. The molecule has 1 aliphatic heterocycles. The van der Waals surface area contributed by atoms with Gasteiger partial charge in [-0.2, -0.15) is 5.26 Å². The van der Waals surface area contributed by atoms with E-state index in [1.165, 1.54) is 0 Å². The number of aliphatic hydroxyl groups is 2. The standard InChI is InChI=1S/C16H22N2O2/c1-12(19)15-3-2-8-18(10-15)11-16(20)14-6-4-13(9-17)5-7-14/h4-7,12,15-16,19-20H,2-3,8,10-11H2,1H3. The quantitative estimate of drug-likeness (QED) is 0.876. The van der Waals surface area contributed by atoms with Crippen LogP contribution in [0.15, 0.2) is 24.3 Å². The fourth-order valence-corrected chi connectivity index (χ4v) is 2.78. The topological polar surface area (TPSA) is 67.5 Å². The molecule has 20 heavy (non-hydrogen) atoms. The molecule has 2 rings (SSSR count). The Labute approximate surface area is 120 Å². The van der Waals surface area contributed by atoms with E-state index in [4.69, 9.17) is 5.26 Å². The molecule has 0 spiro atoms. The third kappa shape index (κ3) is 3.80. The largest absolute Gasteiger partial charge is 0.393 e. The summed E-state index contributed by atoms with van der Waals surface area (Å²) in [5.74, 6) is 0.303. The van der Waals surface area contributed by atoms with Crippen LogP contribution in [0.3, 0.4) is 0 Å². The van der Waals surface area contributed by atoms with Crippen LogP contribution in [0.1, 0.15) is 37.0 Å². The molecule has 3 unspecified atom stereocenters. The minimum atomic E-state index is -0.546. The fraction of sp³-hybridized carbons (Fsp3) is 0.562. The van der Waals surface area contributed by atoms with Crippen LogP contribution in [-0.2, 0) is 0 Å². The van der Waals surface area contributed by atoms with Crippen molar-refractivity contribution in [2.45, 2.75) is 32.0 Å². The van der Waals surface area contributed by atoms with Gasteiger partial charge in [-0.25, -0.2) is 0 Å². The van der Waals surface area contributed by atoms with Gasteiger partial charge in [0, 0.05) is 13.1 Å². The number of rotatable bonds is 4. The summed E-state index contributed by atoms with van der Waals surface area (Å²) in [5.41, 5.74) is 1.44. The van der Waals surface area contributed by atoms with Gasteiger partial charge in [0.25, 0.3) is 0 Å². The normalized spacial score (nSPS) is 23.0. The Kier molecular flexibility index (Phi) is 5.13. The molecule has 2 N–H and O–H groups in total. The number of β-amino-alcohol motifs (C(OH)–C–C–N with tert-alkyl or cyclic N) is 1. The highest BCUT2D eigenvalue weighted by Gasteiger charge is 2.24. The van der Waals surface area contributed by atoms with Crippen LogP contribution in [0.2, 0.25) is 0 Å². The minimum Gasteiger partial charge on any atom is -0.393 e. The Morgan fingerprint density at radius 2 is 2.05 bits per heavy atom. The average Bonchev–Trinajstić information content (AvgIpc) is 2.47. The van der Waals surface area contributed by atoms with Gasteiger partial charge in [-0.05, 0) is 49.9 Å². The van der Waals surface area contributed by atoms with Gasteiger partial charge >= 0.3 is 0 Å². The van der Waals surface area contributed by atoms with Crippen molar-refractivity contribution in [1.82, 2.24) is 4.90 Å². The van der Waals surface area contributed by atoms with Crippen LogP contribution >= 0.6 is 0 Å². The maximum Gasteiger partial charge on any atom is 0.0991 e. The summed E-state index contributed by atoms with van der Waals surface area (Å²) in [5, 5.41) is 28.7. The van der Waals surface area contributed by atoms with Crippen molar-refractivity contribution in [2.75, 3.05) is 19.6 Å². The molecule has 108 valence electrons. The molecule has 0 aromatic heterocycles. The highest BCUT2D eigenvalue weighted by molar-refractivity contribution is 5.32. The highest BCUT2D eigenvalue weighted by Crippen LogP contribution is 2.22. The maximum atomic E-state index is 10.3. The second-order valence-corrected chi connectivity index (χ2v) is 5.65. The average molecular weight is 274 g/mol. The zero-order valence-electron chi connectivity index (χ0n) is 11.9. The lowest BCUT2D eigenvalue weighted by atomic mass is 9.93. The Bertz CT molecular complexity index is 464. The van der Waals surface area contributed by atoms with E-state index >= 15 is 0 Å². The summed E-state index contributed by atoms with van der Waals surface area (Å²) in [4.78, 5) is 2.21. The molecule has 0 radical (unpaired) electrons. The van der Waals surface area contributed by atoms with Crippen molar-refractivity contribution in [2.24, 2.45) is 5.92 Å². The van der Waals surface area contributed by atoms with Crippen LogP contribution in [-0.4, -0.2) is 40.9 Å². The van der Waals surface area contributed by atoms with Crippen LogP contribution in [0.4, 0.5) is 0 Å². The van der Waals surface area contributed by atoms with Crippen molar-refractivity contribution < 1.29 is 10.2 Å². The molecule has 1 heterocycles. The van der Waals surface area contributed by atoms with E-state index < -0.39 is 6.10 Å². The number of piperidine rings is 1. The van der Waals surface area contributed by atoms with Crippen molar-refractivity contribution in [1.29, 1.82) is 5.26 Å². The van der Waals surface area contributed by atoms with E-state index in [1.807, 2.05) is 6.92 Å². The third-order valence-electron chi connectivity index (χ3n) is 4.08. The van der Waals surface area contributed by atoms with Crippen LogP contribution in [0, 0.1) is 17.2 Å². The molecule has 1 fully saturated rings. The summed E-state index contributed by atoms with van der Waals surface area (Å²) in [7, 11) is 0. The number of hydrogen-bond acceptors (Lipinski definition) is 4. The fourth-order valence-electron chi connectivity index (χ4n) is 2.78. The van der Waals surface area contributed by atoms with E-state index in [2.05, 4.69) is 11.0 Å². The first-order valence-corrected chi connectivity index (χ1v) is 7.18. The Morgan fingerprint density at radius 1 is 1.35 bits per heavy atom. The predicted molar refractivity (Wildman–Crippen MR) is 77.0 cm³/mol. The minimum absolute atomic E-state index is 0.287. The molecule has 4 heteroatoms. The molecule has 4 nitrogen and oxygen atoms in total. The number of hydrogen-bond donors (Lipinski definition) is 2. The van der Waals surface area contributed by atoms with Gasteiger partial charge < -0.3 is 15.1 Å².